The molecular weight excluding hydrogens is 212 g/mol. The zero-order valence-corrected chi connectivity index (χ0v) is 11.6. The van der Waals surface area contributed by atoms with Gasteiger partial charge in [-0.25, -0.2) is 0 Å². The van der Waals surface area contributed by atoms with Gasteiger partial charge in [0, 0.05) is 19.3 Å². The van der Waals surface area contributed by atoms with Gasteiger partial charge in [0.1, 0.15) is 0 Å². The maximum atomic E-state index is 6.19. The molecule has 0 radical (unpaired) electrons. The molecular formula is C14H24N2O. The van der Waals surface area contributed by atoms with E-state index in [-0.39, 0.29) is 11.6 Å². The van der Waals surface area contributed by atoms with E-state index >= 15 is 0 Å². The Hall–Kier alpha value is -0.930. The maximum absolute atomic E-state index is 6.19. The van der Waals surface area contributed by atoms with Crippen molar-refractivity contribution in [3.63, 3.8) is 0 Å². The van der Waals surface area contributed by atoms with Gasteiger partial charge < -0.3 is 10.5 Å². The van der Waals surface area contributed by atoms with Gasteiger partial charge in [-0.3, -0.25) is 4.98 Å². The summed E-state index contributed by atoms with van der Waals surface area (Å²) in [5.74, 6) is 0. The van der Waals surface area contributed by atoms with Gasteiger partial charge in [-0.2, -0.15) is 0 Å². The Morgan fingerprint density at radius 1 is 1.41 bits per heavy atom. The summed E-state index contributed by atoms with van der Waals surface area (Å²) in [4.78, 5) is 4.44. The molecule has 3 nitrogen and oxygen atoms in total. The van der Waals surface area contributed by atoms with E-state index in [0.717, 1.165) is 18.5 Å². The molecule has 0 aromatic carbocycles. The fourth-order valence-corrected chi connectivity index (χ4v) is 1.86. The Morgan fingerprint density at radius 2 is 2.06 bits per heavy atom. The molecule has 17 heavy (non-hydrogen) atoms. The summed E-state index contributed by atoms with van der Waals surface area (Å²) in [7, 11) is 1.74. The van der Waals surface area contributed by atoms with Crippen LogP contribution in [0, 0.1) is 13.8 Å². The number of hydrogen-bond acceptors (Lipinski definition) is 3. The summed E-state index contributed by atoms with van der Waals surface area (Å²) in [5.41, 5.74) is 9.43. The topological polar surface area (TPSA) is 48.1 Å². The Morgan fingerprint density at radius 3 is 2.59 bits per heavy atom. The van der Waals surface area contributed by atoms with Crippen molar-refractivity contribution < 1.29 is 4.74 Å². The van der Waals surface area contributed by atoms with Crippen LogP contribution in [-0.2, 0) is 4.74 Å². The van der Waals surface area contributed by atoms with E-state index in [9.17, 15) is 0 Å². The molecule has 1 atom stereocenters. The lowest BCUT2D eigenvalue weighted by Gasteiger charge is -2.24. The second-order valence-electron chi connectivity index (χ2n) is 5.32. The van der Waals surface area contributed by atoms with Crippen molar-refractivity contribution in [3.8, 4) is 0 Å². The average molecular weight is 236 g/mol. The third-order valence-corrected chi connectivity index (χ3v) is 3.22. The van der Waals surface area contributed by atoms with Crippen molar-refractivity contribution in [1.82, 2.24) is 4.98 Å². The lowest BCUT2D eigenvalue weighted by molar-refractivity contribution is 0.0124. The number of aromatic nitrogens is 1. The fourth-order valence-electron chi connectivity index (χ4n) is 1.86. The fraction of sp³-hybridized carbons (Fsp3) is 0.643. The SMILES string of the molecule is COC(C)(C)CCC(N)c1ncc(C)cc1C. The number of methoxy groups -OCH3 is 1. The minimum absolute atomic E-state index is 0.00924. The molecule has 3 heteroatoms. The van der Waals surface area contributed by atoms with Crippen LogP contribution >= 0.6 is 0 Å². The van der Waals surface area contributed by atoms with E-state index in [1.807, 2.05) is 13.1 Å². The molecule has 0 amide bonds. The molecule has 0 saturated heterocycles. The molecule has 1 aromatic heterocycles. The summed E-state index contributed by atoms with van der Waals surface area (Å²) in [6.07, 6.45) is 3.70. The predicted octanol–water partition coefficient (Wildman–Crippen LogP) is 2.90. The highest BCUT2D eigenvalue weighted by Crippen LogP contribution is 2.23. The zero-order chi connectivity index (χ0) is 13.1. The van der Waals surface area contributed by atoms with Crippen molar-refractivity contribution in [2.24, 2.45) is 5.73 Å². The Kier molecular flexibility index (Phi) is 4.66. The van der Waals surface area contributed by atoms with Crippen LogP contribution in [0.25, 0.3) is 0 Å². The standard InChI is InChI=1S/C14H24N2O/c1-10-8-11(2)13(16-9-10)12(15)6-7-14(3,4)17-5/h8-9,12H,6-7,15H2,1-5H3. The van der Waals surface area contributed by atoms with Crippen LogP contribution in [-0.4, -0.2) is 17.7 Å². The predicted molar refractivity (Wildman–Crippen MR) is 71.0 cm³/mol. The first kappa shape index (κ1) is 14.1. The molecule has 2 N–H and O–H groups in total. The van der Waals surface area contributed by atoms with E-state index in [1.54, 1.807) is 7.11 Å². The molecule has 1 unspecified atom stereocenters. The smallest absolute Gasteiger partial charge is 0.0623 e. The van der Waals surface area contributed by atoms with E-state index in [4.69, 9.17) is 10.5 Å². The second kappa shape index (κ2) is 5.61. The Labute approximate surface area is 104 Å². The summed E-state index contributed by atoms with van der Waals surface area (Å²) in [6, 6.07) is 2.12. The molecule has 1 aromatic rings. The number of nitrogens with two attached hydrogens (primary N) is 1. The lowest BCUT2D eigenvalue weighted by Crippen LogP contribution is -2.25. The number of rotatable bonds is 5. The maximum Gasteiger partial charge on any atom is 0.0623 e. The van der Waals surface area contributed by atoms with Crippen LogP contribution in [0.2, 0.25) is 0 Å². The average Bonchev–Trinajstić information content (AvgIpc) is 2.26. The molecule has 0 aliphatic heterocycles. The molecule has 0 saturated carbocycles. The van der Waals surface area contributed by atoms with Crippen LogP contribution in [0.3, 0.4) is 0 Å². The van der Waals surface area contributed by atoms with Crippen molar-refractivity contribution in [2.45, 2.75) is 52.2 Å². The van der Waals surface area contributed by atoms with Gasteiger partial charge in [0.25, 0.3) is 0 Å². The molecule has 0 fully saturated rings. The first-order valence-corrected chi connectivity index (χ1v) is 6.09. The number of nitrogens with zero attached hydrogens (tertiary/aromatic N) is 1. The largest absolute Gasteiger partial charge is 0.379 e. The van der Waals surface area contributed by atoms with Gasteiger partial charge in [-0.15, -0.1) is 0 Å². The van der Waals surface area contributed by atoms with E-state index < -0.39 is 0 Å². The van der Waals surface area contributed by atoms with Crippen LogP contribution in [0.5, 0.6) is 0 Å². The van der Waals surface area contributed by atoms with Gasteiger partial charge in [-0.1, -0.05) is 6.07 Å². The number of ether oxygens (including phenoxy) is 1. The molecule has 0 bridgehead atoms. The second-order valence-corrected chi connectivity index (χ2v) is 5.32. The zero-order valence-electron chi connectivity index (χ0n) is 11.6. The van der Waals surface area contributed by atoms with Crippen LogP contribution in [0.15, 0.2) is 12.3 Å². The monoisotopic (exact) mass is 236 g/mol. The first-order chi connectivity index (χ1) is 7.85. The van der Waals surface area contributed by atoms with E-state index in [1.165, 1.54) is 11.1 Å². The van der Waals surface area contributed by atoms with Crippen molar-refractivity contribution in [3.05, 3.63) is 29.1 Å². The third-order valence-electron chi connectivity index (χ3n) is 3.22. The molecule has 0 aliphatic rings. The van der Waals surface area contributed by atoms with Crippen molar-refractivity contribution >= 4 is 0 Å². The van der Waals surface area contributed by atoms with E-state index in [0.29, 0.717) is 0 Å². The minimum atomic E-state index is -0.115. The highest BCUT2D eigenvalue weighted by atomic mass is 16.5. The summed E-state index contributed by atoms with van der Waals surface area (Å²) in [6.45, 7) is 8.27. The molecule has 0 spiro atoms. The van der Waals surface area contributed by atoms with Gasteiger partial charge in [-0.05, 0) is 51.7 Å². The molecule has 0 aliphatic carbocycles. The van der Waals surface area contributed by atoms with Gasteiger partial charge in [0.2, 0.25) is 0 Å². The minimum Gasteiger partial charge on any atom is -0.379 e. The number of hydrogen-bond donors (Lipinski definition) is 1. The van der Waals surface area contributed by atoms with Gasteiger partial charge in [0.05, 0.1) is 11.3 Å². The van der Waals surface area contributed by atoms with E-state index in [2.05, 4.69) is 31.8 Å². The van der Waals surface area contributed by atoms with Crippen LogP contribution in [0.1, 0.15) is 49.6 Å². The summed E-state index contributed by atoms with van der Waals surface area (Å²) < 4.78 is 5.40. The molecule has 1 heterocycles. The molecule has 96 valence electrons. The molecule has 1 rings (SSSR count). The summed E-state index contributed by atoms with van der Waals surface area (Å²) in [5, 5.41) is 0. The first-order valence-electron chi connectivity index (χ1n) is 6.09. The number of pyridine rings is 1. The van der Waals surface area contributed by atoms with Gasteiger partial charge in [0.15, 0.2) is 0 Å². The highest BCUT2D eigenvalue weighted by Gasteiger charge is 2.19. The Bertz CT molecular complexity index is 374. The Balaban J connectivity index is 2.67. The lowest BCUT2D eigenvalue weighted by atomic mass is 9.96. The van der Waals surface area contributed by atoms with Crippen molar-refractivity contribution in [2.75, 3.05) is 7.11 Å². The van der Waals surface area contributed by atoms with Crippen molar-refractivity contribution in [1.29, 1.82) is 0 Å². The third kappa shape index (κ3) is 4.10. The van der Waals surface area contributed by atoms with Crippen LogP contribution in [0.4, 0.5) is 0 Å². The number of aryl methyl sites for hydroxylation is 2. The normalized spacial score (nSPS) is 13.8. The highest BCUT2D eigenvalue weighted by molar-refractivity contribution is 5.25. The van der Waals surface area contributed by atoms with Gasteiger partial charge >= 0.3 is 0 Å². The quantitative estimate of drug-likeness (QED) is 0.855. The summed E-state index contributed by atoms with van der Waals surface area (Å²) >= 11 is 0. The van der Waals surface area contributed by atoms with Crippen LogP contribution < -0.4 is 5.73 Å².